The first kappa shape index (κ1) is 25.2. The van der Waals surface area contributed by atoms with Crippen LogP contribution in [0.2, 0.25) is 0 Å². The van der Waals surface area contributed by atoms with E-state index in [4.69, 9.17) is 4.74 Å². The second-order valence-corrected chi connectivity index (χ2v) is 10.4. The highest BCUT2D eigenvalue weighted by Crippen LogP contribution is 2.17. The van der Waals surface area contributed by atoms with Crippen LogP contribution in [-0.4, -0.2) is 63.5 Å². The maximum absolute atomic E-state index is 12.8. The van der Waals surface area contributed by atoms with Gasteiger partial charge in [-0.3, -0.25) is 14.7 Å². The number of Topliss-reactive ketones (excluding diaryl/α,β-unsaturated/α-hetero) is 1. The van der Waals surface area contributed by atoms with Gasteiger partial charge >= 0.3 is 0 Å². The molecule has 2 heterocycles. The second-order valence-electron chi connectivity index (χ2n) is 8.68. The van der Waals surface area contributed by atoms with Crippen molar-refractivity contribution >= 4 is 15.8 Å². The molecule has 3 aromatic rings. The molecule has 35 heavy (non-hydrogen) atoms. The quantitative estimate of drug-likeness (QED) is 0.326. The van der Waals surface area contributed by atoms with Crippen LogP contribution in [0.15, 0.2) is 78.0 Å². The molecular formula is C27H31N3O4S. The van der Waals surface area contributed by atoms with E-state index >= 15 is 0 Å². The molecule has 1 aliphatic heterocycles. The second kappa shape index (κ2) is 12.2. The van der Waals surface area contributed by atoms with Gasteiger partial charge in [-0.15, -0.1) is 0 Å². The van der Waals surface area contributed by atoms with Crippen molar-refractivity contribution in [2.24, 2.45) is 0 Å². The summed E-state index contributed by atoms with van der Waals surface area (Å²) in [6.45, 7) is 4.53. The van der Waals surface area contributed by atoms with Gasteiger partial charge in [-0.2, -0.15) is 0 Å². The molecule has 0 radical (unpaired) electrons. The monoisotopic (exact) mass is 493 g/mol. The van der Waals surface area contributed by atoms with E-state index in [0.29, 0.717) is 24.9 Å². The third kappa shape index (κ3) is 7.53. The number of hydrogen-bond donors (Lipinski definition) is 1. The van der Waals surface area contributed by atoms with Crippen LogP contribution in [-0.2, 0) is 27.6 Å². The Morgan fingerprint density at radius 3 is 2.43 bits per heavy atom. The molecule has 1 saturated heterocycles. The predicted octanol–water partition coefficient (Wildman–Crippen LogP) is 3.10. The van der Waals surface area contributed by atoms with Crippen LogP contribution < -0.4 is 4.72 Å². The van der Waals surface area contributed by atoms with Gasteiger partial charge in [-0.05, 0) is 60.3 Å². The first-order valence-electron chi connectivity index (χ1n) is 11.9. The molecule has 0 spiro atoms. The van der Waals surface area contributed by atoms with Gasteiger partial charge in [0.1, 0.15) is 0 Å². The van der Waals surface area contributed by atoms with Gasteiger partial charge in [-0.1, -0.05) is 36.4 Å². The van der Waals surface area contributed by atoms with E-state index in [1.807, 2.05) is 42.5 Å². The smallest absolute Gasteiger partial charge is 0.240 e. The fraction of sp³-hybridized carbons (Fsp3) is 0.333. The van der Waals surface area contributed by atoms with Crippen molar-refractivity contribution in [3.8, 4) is 0 Å². The summed E-state index contributed by atoms with van der Waals surface area (Å²) in [5, 5.41) is 0. The van der Waals surface area contributed by atoms with Crippen LogP contribution in [0, 0.1) is 0 Å². The van der Waals surface area contributed by atoms with Crippen molar-refractivity contribution in [1.82, 2.24) is 14.6 Å². The minimum absolute atomic E-state index is 0.0514. The van der Waals surface area contributed by atoms with E-state index in [0.717, 1.165) is 56.0 Å². The number of pyridine rings is 1. The fourth-order valence-electron chi connectivity index (χ4n) is 4.07. The van der Waals surface area contributed by atoms with E-state index in [1.165, 1.54) is 0 Å². The molecule has 1 N–H and O–H groups in total. The molecule has 0 amide bonds. The number of aromatic nitrogens is 1. The molecule has 8 heteroatoms. The van der Waals surface area contributed by atoms with Crippen LogP contribution in [0.3, 0.4) is 0 Å². The highest BCUT2D eigenvalue weighted by molar-refractivity contribution is 7.89. The highest BCUT2D eigenvalue weighted by atomic mass is 32.2. The summed E-state index contributed by atoms with van der Waals surface area (Å²) in [5.74, 6) is 0.0514. The fourth-order valence-corrected chi connectivity index (χ4v) is 5.22. The van der Waals surface area contributed by atoms with Crippen molar-refractivity contribution in [3.05, 3.63) is 95.3 Å². The number of morpholine rings is 1. The summed E-state index contributed by atoms with van der Waals surface area (Å²) in [5.41, 5.74) is 3.50. The van der Waals surface area contributed by atoms with Crippen molar-refractivity contribution in [2.75, 3.05) is 39.4 Å². The standard InChI is InChI=1S/C27H31N3O4S/c31-27(21-23-9-12-28-13-10-23)25-7-5-22(6-8-25)19-24-3-1-4-26(20-24)35(32,33)29-11-2-14-30-15-17-34-18-16-30/h1,3-10,12-13,20,29H,2,11,14-19,21H2. The average Bonchev–Trinajstić information content (AvgIpc) is 2.88. The summed E-state index contributed by atoms with van der Waals surface area (Å²) in [6.07, 6.45) is 5.04. The maximum Gasteiger partial charge on any atom is 0.240 e. The topological polar surface area (TPSA) is 88.6 Å². The summed E-state index contributed by atoms with van der Waals surface area (Å²) in [7, 11) is -3.57. The van der Waals surface area contributed by atoms with Crippen LogP contribution >= 0.6 is 0 Å². The molecule has 0 unspecified atom stereocenters. The van der Waals surface area contributed by atoms with Crippen LogP contribution in [0.25, 0.3) is 0 Å². The van der Waals surface area contributed by atoms with Crippen molar-refractivity contribution in [2.45, 2.75) is 24.2 Å². The Kier molecular flexibility index (Phi) is 8.76. The zero-order valence-corrected chi connectivity index (χ0v) is 20.5. The zero-order chi connectivity index (χ0) is 24.5. The summed E-state index contributed by atoms with van der Waals surface area (Å²) >= 11 is 0. The molecular weight excluding hydrogens is 462 g/mol. The molecule has 1 aromatic heterocycles. The number of hydrogen-bond acceptors (Lipinski definition) is 6. The molecule has 2 aromatic carbocycles. The van der Waals surface area contributed by atoms with E-state index in [1.54, 1.807) is 30.6 Å². The van der Waals surface area contributed by atoms with Gasteiger partial charge in [0, 0.05) is 44.0 Å². The number of nitrogens with one attached hydrogen (secondary N) is 1. The third-order valence-corrected chi connectivity index (χ3v) is 7.51. The van der Waals surface area contributed by atoms with Crippen LogP contribution in [0.5, 0.6) is 0 Å². The van der Waals surface area contributed by atoms with E-state index in [9.17, 15) is 13.2 Å². The van der Waals surface area contributed by atoms with Gasteiger partial charge in [0.15, 0.2) is 5.78 Å². The van der Waals surface area contributed by atoms with Crippen molar-refractivity contribution in [1.29, 1.82) is 0 Å². The normalized spacial score (nSPS) is 14.6. The number of ether oxygens (including phenoxy) is 1. The van der Waals surface area contributed by atoms with E-state index < -0.39 is 10.0 Å². The molecule has 184 valence electrons. The molecule has 0 aliphatic carbocycles. The molecule has 0 saturated carbocycles. The van der Waals surface area contributed by atoms with Gasteiger partial charge in [-0.25, -0.2) is 13.1 Å². The number of rotatable bonds is 11. The number of sulfonamides is 1. The average molecular weight is 494 g/mol. The molecule has 0 atom stereocenters. The summed E-state index contributed by atoms with van der Waals surface area (Å²) in [6, 6.07) is 18.2. The molecule has 0 bridgehead atoms. The lowest BCUT2D eigenvalue weighted by Crippen LogP contribution is -2.38. The molecule has 1 aliphatic rings. The minimum atomic E-state index is -3.57. The number of carbonyl (C=O) groups excluding carboxylic acids is 1. The predicted molar refractivity (Wildman–Crippen MR) is 135 cm³/mol. The summed E-state index contributed by atoms with van der Waals surface area (Å²) < 4.78 is 33.6. The largest absolute Gasteiger partial charge is 0.379 e. The van der Waals surface area contributed by atoms with Crippen molar-refractivity contribution < 1.29 is 17.9 Å². The Labute approximate surface area is 207 Å². The minimum Gasteiger partial charge on any atom is -0.379 e. The first-order valence-corrected chi connectivity index (χ1v) is 13.4. The van der Waals surface area contributed by atoms with Gasteiger partial charge in [0.2, 0.25) is 10.0 Å². The Morgan fingerprint density at radius 1 is 0.943 bits per heavy atom. The Balaban J connectivity index is 1.31. The lowest BCUT2D eigenvalue weighted by Gasteiger charge is -2.26. The maximum atomic E-state index is 12.8. The lowest BCUT2D eigenvalue weighted by molar-refractivity contribution is 0.0376. The molecule has 1 fully saturated rings. The lowest BCUT2D eigenvalue weighted by atomic mass is 10.00. The van der Waals surface area contributed by atoms with Crippen LogP contribution in [0.1, 0.15) is 33.5 Å². The number of ketones is 1. The zero-order valence-electron chi connectivity index (χ0n) is 19.7. The number of benzene rings is 2. The first-order chi connectivity index (χ1) is 17.0. The van der Waals surface area contributed by atoms with E-state index in [-0.39, 0.29) is 10.7 Å². The van der Waals surface area contributed by atoms with Gasteiger partial charge in [0.05, 0.1) is 18.1 Å². The SMILES string of the molecule is O=C(Cc1ccncc1)c1ccc(Cc2cccc(S(=O)(=O)NCCCN3CCOCC3)c2)cc1. The molecule has 7 nitrogen and oxygen atoms in total. The molecule has 4 rings (SSSR count). The third-order valence-electron chi connectivity index (χ3n) is 6.05. The van der Waals surface area contributed by atoms with Crippen molar-refractivity contribution in [3.63, 3.8) is 0 Å². The number of nitrogens with zero attached hydrogens (tertiary/aromatic N) is 2. The summed E-state index contributed by atoms with van der Waals surface area (Å²) in [4.78, 5) is 19.1. The highest BCUT2D eigenvalue weighted by Gasteiger charge is 2.15. The Bertz CT molecular complexity index is 1210. The van der Waals surface area contributed by atoms with E-state index in [2.05, 4.69) is 14.6 Å². The Hall–Kier alpha value is -2.91. The van der Waals surface area contributed by atoms with Gasteiger partial charge < -0.3 is 4.74 Å². The number of carbonyl (C=O) groups is 1. The van der Waals surface area contributed by atoms with Crippen LogP contribution in [0.4, 0.5) is 0 Å². The van der Waals surface area contributed by atoms with Gasteiger partial charge in [0.25, 0.3) is 0 Å². The Morgan fingerprint density at radius 2 is 1.69 bits per heavy atom.